The van der Waals surface area contributed by atoms with Crippen LogP contribution in [0.15, 0.2) is 52.5 Å². The minimum absolute atomic E-state index is 0.191. The highest BCUT2D eigenvalue weighted by Crippen LogP contribution is 2.25. The summed E-state index contributed by atoms with van der Waals surface area (Å²) in [6.07, 6.45) is 1.46. The SMILES string of the molecule is C[C@@H](NC(=O)c1sccc1-n1cnnn1)c1cc2ccccc2o1. The molecule has 3 aromatic heterocycles. The second kappa shape index (κ2) is 5.89. The van der Waals surface area contributed by atoms with Gasteiger partial charge in [-0.05, 0) is 40.9 Å². The molecule has 0 aliphatic heterocycles. The van der Waals surface area contributed by atoms with Gasteiger partial charge in [0.2, 0.25) is 0 Å². The standard InChI is InChI=1S/C16H13N5O2S/c1-10(14-8-11-4-2-3-5-13(11)23-14)18-16(22)15-12(6-7-24-15)21-9-17-19-20-21/h2-10H,1H3,(H,18,22)/t10-/m1/s1. The number of hydrogen-bond donors (Lipinski definition) is 1. The molecule has 1 aromatic carbocycles. The number of thiophene rings is 1. The Hall–Kier alpha value is -3.00. The highest BCUT2D eigenvalue weighted by molar-refractivity contribution is 7.12. The van der Waals surface area contributed by atoms with Crippen LogP contribution >= 0.6 is 11.3 Å². The number of hydrogen-bond acceptors (Lipinski definition) is 6. The van der Waals surface area contributed by atoms with Gasteiger partial charge in [0.05, 0.1) is 11.7 Å². The number of aromatic nitrogens is 4. The summed E-state index contributed by atoms with van der Waals surface area (Å²) in [5, 5.41) is 16.8. The third-order valence-corrected chi connectivity index (χ3v) is 4.57. The van der Waals surface area contributed by atoms with Crippen LogP contribution in [0.25, 0.3) is 16.7 Å². The highest BCUT2D eigenvalue weighted by atomic mass is 32.1. The van der Waals surface area contributed by atoms with Crippen molar-refractivity contribution in [3.63, 3.8) is 0 Å². The molecule has 0 bridgehead atoms. The van der Waals surface area contributed by atoms with E-state index >= 15 is 0 Å². The van der Waals surface area contributed by atoms with Crippen molar-refractivity contribution < 1.29 is 9.21 Å². The molecule has 24 heavy (non-hydrogen) atoms. The van der Waals surface area contributed by atoms with Crippen molar-refractivity contribution in [1.29, 1.82) is 0 Å². The first-order chi connectivity index (χ1) is 11.7. The zero-order valence-electron chi connectivity index (χ0n) is 12.7. The number of carbonyl (C=O) groups is 1. The minimum Gasteiger partial charge on any atom is -0.459 e. The van der Waals surface area contributed by atoms with Gasteiger partial charge in [-0.25, -0.2) is 0 Å². The fourth-order valence-corrected chi connectivity index (χ4v) is 3.25. The Kier molecular flexibility index (Phi) is 3.58. The number of nitrogens with zero attached hydrogens (tertiary/aromatic N) is 4. The molecule has 0 saturated heterocycles. The second-order valence-electron chi connectivity index (χ2n) is 5.27. The number of tetrazole rings is 1. The first-order valence-corrected chi connectivity index (χ1v) is 8.20. The molecule has 3 heterocycles. The molecular formula is C16H13N5O2S. The van der Waals surface area contributed by atoms with E-state index in [4.69, 9.17) is 4.42 Å². The molecule has 0 aliphatic rings. The lowest BCUT2D eigenvalue weighted by Crippen LogP contribution is -2.26. The Labute approximate surface area is 140 Å². The fraction of sp³-hybridized carbons (Fsp3) is 0.125. The molecule has 8 heteroatoms. The van der Waals surface area contributed by atoms with E-state index in [1.54, 1.807) is 0 Å². The maximum absolute atomic E-state index is 12.6. The lowest BCUT2D eigenvalue weighted by molar-refractivity contribution is 0.0939. The van der Waals surface area contributed by atoms with E-state index in [1.807, 2.05) is 48.7 Å². The molecule has 0 unspecified atom stereocenters. The van der Waals surface area contributed by atoms with Crippen LogP contribution in [0.2, 0.25) is 0 Å². The van der Waals surface area contributed by atoms with Crippen LogP contribution in [0.1, 0.15) is 28.4 Å². The average molecular weight is 339 g/mol. The van der Waals surface area contributed by atoms with Gasteiger partial charge in [0.15, 0.2) is 0 Å². The number of carbonyl (C=O) groups excluding carboxylic acids is 1. The van der Waals surface area contributed by atoms with Crippen LogP contribution in [0.4, 0.5) is 0 Å². The maximum atomic E-state index is 12.6. The number of nitrogens with one attached hydrogen (secondary N) is 1. The van der Waals surface area contributed by atoms with Gasteiger partial charge in [-0.1, -0.05) is 18.2 Å². The summed E-state index contributed by atoms with van der Waals surface area (Å²) in [6, 6.07) is 11.2. The van der Waals surface area contributed by atoms with Gasteiger partial charge in [-0.2, -0.15) is 4.68 Å². The Balaban J connectivity index is 1.57. The van der Waals surface area contributed by atoms with Gasteiger partial charge < -0.3 is 9.73 Å². The smallest absolute Gasteiger partial charge is 0.264 e. The minimum atomic E-state index is -0.256. The third-order valence-electron chi connectivity index (χ3n) is 3.67. The number of benzene rings is 1. The van der Waals surface area contributed by atoms with Gasteiger partial charge in [-0.15, -0.1) is 16.4 Å². The van der Waals surface area contributed by atoms with E-state index in [0.717, 1.165) is 11.0 Å². The van der Waals surface area contributed by atoms with Crippen molar-refractivity contribution >= 4 is 28.2 Å². The van der Waals surface area contributed by atoms with Gasteiger partial charge in [-0.3, -0.25) is 4.79 Å². The summed E-state index contributed by atoms with van der Waals surface area (Å²) < 4.78 is 7.27. The molecule has 1 amide bonds. The summed E-state index contributed by atoms with van der Waals surface area (Å²) in [5.74, 6) is 0.522. The van der Waals surface area contributed by atoms with E-state index in [1.165, 1.54) is 22.3 Å². The quantitative estimate of drug-likeness (QED) is 0.618. The van der Waals surface area contributed by atoms with E-state index in [-0.39, 0.29) is 11.9 Å². The summed E-state index contributed by atoms with van der Waals surface area (Å²) in [7, 11) is 0. The van der Waals surface area contributed by atoms with Gasteiger partial charge >= 0.3 is 0 Å². The van der Waals surface area contributed by atoms with E-state index in [9.17, 15) is 4.79 Å². The predicted octanol–water partition coefficient (Wildman–Crippen LogP) is 2.96. The second-order valence-corrected chi connectivity index (χ2v) is 6.19. The van der Waals surface area contributed by atoms with Crippen molar-refractivity contribution in [2.75, 3.05) is 0 Å². The molecule has 120 valence electrons. The predicted molar refractivity (Wildman–Crippen MR) is 89.1 cm³/mol. The first kappa shape index (κ1) is 14.6. The molecular weight excluding hydrogens is 326 g/mol. The van der Waals surface area contributed by atoms with Crippen LogP contribution in [-0.2, 0) is 0 Å². The van der Waals surface area contributed by atoms with Gasteiger partial charge in [0.25, 0.3) is 5.91 Å². The number of rotatable bonds is 4. The zero-order chi connectivity index (χ0) is 16.5. The molecule has 1 atom stereocenters. The van der Waals surface area contributed by atoms with Crippen molar-refractivity contribution in [3.05, 3.63) is 58.7 Å². The lowest BCUT2D eigenvalue weighted by atomic mass is 10.2. The number of para-hydroxylation sites is 1. The molecule has 4 rings (SSSR count). The number of fused-ring (bicyclic) bond motifs is 1. The van der Waals surface area contributed by atoms with Crippen LogP contribution in [-0.4, -0.2) is 26.1 Å². The van der Waals surface area contributed by atoms with Crippen LogP contribution in [0, 0.1) is 0 Å². The van der Waals surface area contributed by atoms with E-state index < -0.39 is 0 Å². The molecule has 4 aromatic rings. The Morgan fingerprint density at radius 3 is 3.00 bits per heavy atom. The Morgan fingerprint density at radius 2 is 2.21 bits per heavy atom. The Bertz CT molecular complexity index is 956. The molecule has 0 saturated carbocycles. The average Bonchev–Trinajstić information content (AvgIpc) is 3.32. The summed E-state index contributed by atoms with van der Waals surface area (Å²) in [4.78, 5) is 13.1. The Morgan fingerprint density at radius 1 is 1.33 bits per heavy atom. The third kappa shape index (κ3) is 2.56. The molecule has 1 N–H and O–H groups in total. The monoisotopic (exact) mass is 339 g/mol. The van der Waals surface area contributed by atoms with E-state index in [0.29, 0.717) is 16.3 Å². The normalized spacial score (nSPS) is 12.4. The number of furan rings is 1. The summed E-state index contributed by atoms with van der Waals surface area (Å²) in [6.45, 7) is 1.89. The highest BCUT2D eigenvalue weighted by Gasteiger charge is 2.19. The molecule has 0 radical (unpaired) electrons. The maximum Gasteiger partial charge on any atom is 0.264 e. The molecule has 0 fully saturated rings. The van der Waals surface area contributed by atoms with Crippen molar-refractivity contribution in [1.82, 2.24) is 25.5 Å². The fourth-order valence-electron chi connectivity index (χ4n) is 2.47. The van der Waals surface area contributed by atoms with Crippen LogP contribution < -0.4 is 5.32 Å². The molecule has 7 nitrogen and oxygen atoms in total. The summed E-state index contributed by atoms with van der Waals surface area (Å²) in [5.41, 5.74) is 1.46. The van der Waals surface area contributed by atoms with Gasteiger partial charge in [0.1, 0.15) is 22.5 Å². The van der Waals surface area contributed by atoms with Crippen molar-refractivity contribution in [3.8, 4) is 5.69 Å². The van der Waals surface area contributed by atoms with Crippen LogP contribution in [0.5, 0.6) is 0 Å². The zero-order valence-corrected chi connectivity index (χ0v) is 13.5. The lowest BCUT2D eigenvalue weighted by Gasteiger charge is -2.11. The first-order valence-electron chi connectivity index (χ1n) is 7.32. The van der Waals surface area contributed by atoms with Crippen molar-refractivity contribution in [2.45, 2.75) is 13.0 Å². The van der Waals surface area contributed by atoms with Crippen LogP contribution in [0.3, 0.4) is 0 Å². The van der Waals surface area contributed by atoms with Crippen molar-refractivity contribution in [2.24, 2.45) is 0 Å². The topological polar surface area (TPSA) is 85.8 Å². The van der Waals surface area contributed by atoms with Gasteiger partial charge in [0, 0.05) is 5.39 Å². The largest absolute Gasteiger partial charge is 0.459 e. The summed E-state index contributed by atoms with van der Waals surface area (Å²) >= 11 is 1.34. The number of amides is 1. The van der Waals surface area contributed by atoms with E-state index in [2.05, 4.69) is 20.8 Å². The molecule has 0 aliphatic carbocycles. The molecule has 0 spiro atoms.